The Kier molecular flexibility index (Phi) is 4.52. The van der Waals surface area contributed by atoms with Gasteiger partial charge in [0.2, 0.25) is 5.91 Å². The van der Waals surface area contributed by atoms with Gasteiger partial charge in [-0.1, -0.05) is 6.07 Å². The minimum Gasteiger partial charge on any atom is -0.496 e. The monoisotopic (exact) mass is 236 g/mol. The number of methoxy groups -OCH3 is 1. The second kappa shape index (κ2) is 5.68. The molecule has 17 heavy (non-hydrogen) atoms. The first-order valence-electron chi connectivity index (χ1n) is 5.60. The van der Waals surface area contributed by atoms with Crippen LogP contribution < -0.4 is 15.6 Å². The molecule has 0 saturated carbocycles. The third kappa shape index (κ3) is 2.97. The van der Waals surface area contributed by atoms with Crippen molar-refractivity contribution in [3.63, 3.8) is 0 Å². The predicted octanol–water partition coefficient (Wildman–Crippen LogP) is 1.41. The molecule has 0 aliphatic heterocycles. The summed E-state index contributed by atoms with van der Waals surface area (Å²) in [5.74, 6) is 0.861. The van der Waals surface area contributed by atoms with Crippen molar-refractivity contribution in [1.82, 2.24) is 10.9 Å². The highest BCUT2D eigenvalue weighted by Gasteiger charge is 2.12. The van der Waals surface area contributed by atoms with E-state index in [4.69, 9.17) is 4.74 Å². The van der Waals surface area contributed by atoms with Crippen LogP contribution in [0, 0.1) is 20.8 Å². The molecule has 1 aromatic rings. The fourth-order valence-electron chi connectivity index (χ4n) is 2.00. The Bertz CT molecular complexity index is 428. The van der Waals surface area contributed by atoms with Crippen LogP contribution in [0.25, 0.3) is 0 Å². The molecule has 0 fully saturated rings. The van der Waals surface area contributed by atoms with Crippen molar-refractivity contribution in [3.8, 4) is 5.75 Å². The van der Waals surface area contributed by atoms with Gasteiger partial charge in [-0.3, -0.25) is 10.2 Å². The Hall–Kier alpha value is -1.55. The van der Waals surface area contributed by atoms with Gasteiger partial charge in [0.15, 0.2) is 0 Å². The molecule has 94 valence electrons. The molecule has 0 unspecified atom stereocenters. The Morgan fingerprint density at radius 2 is 1.94 bits per heavy atom. The lowest BCUT2D eigenvalue weighted by molar-refractivity contribution is -0.121. The second-order valence-electron chi connectivity index (χ2n) is 4.11. The lowest BCUT2D eigenvalue weighted by atomic mass is 9.96. The highest BCUT2D eigenvalue weighted by Crippen LogP contribution is 2.28. The standard InChI is InChI=1S/C13H20N2O2/c1-8-6-11(7-12(16)15-14-4)9(2)10(3)13(8)17-5/h6,14H,7H2,1-5H3,(H,15,16). The van der Waals surface area contributed by atoms with Crippen LogP contribution in [0.1, 0.15) is 22.3 Å². The van der Waals surface area contributed by atoms with E-state index in [2.05, 4.69) is 10.9 Å². The van der Waals surface area contributed by atoms with Crippen molar-refractivity contribution >= 4 is 5.91 Å². The second-order valence-corrected chi connectivity index (χ2v) is 4.11. The number of aryl methyl sites for hydroxylation is 1. The number of rotatable bonds is 4. The molecule has 2 N–H and O–H groups in total. The molecule has 0 aliphatic rings. The molecule has 1 rings (SSSR count). The Morgan fingerprint density at radius 3 is 2.47 bits per heavy atom. The average molecular weight is 236 g/mol. The van der Waals surface area contributed by atoms with Crippen LogP contribution in [0.3, 0.4) is 0 Å². The Labute approximate surface area is 102 Å². The van der Waals surface area contributed by atoms with Crippen LogP contribution in [-0.4, -0.2) is 20.1 Å². The maximum atomic E-state index is 11.5. The number of ether oxygens (including phenoxy) is 1. The molecule has 0 aromatic heterocycles. The number of amides is 1. The maximum Gasteiger partial charge on any atom is 0.238 e. The molecule has 0 atom stereocenters. The quantitative estimate of drug-likeness (QED) is 0.777. The van der Waals surface area contributed by atoms with Crippen LogP contribution in [0.5, 0.6) is 5.75 Å². The van der Waals surface area contributed by atoms with E-state index < -0.39 is 0 Å². The first-order chi connectivity index (χ1) is 8.01. The molecular weight excluding hydrogens is 216 g/mol. The molecule has 4 heteroatoms. The zero-order chi connectivity index (χ0) is 13.0. The smallest absolute Gasteiger partial charge is 0.238 e. The predicted molar refractivity (Wildman–Crippen MR) is 68.1 cm³/mol. The highest BCUT2D eigenvalue weighted by molar-refractivity contribution is 5.78. The minimum atomic E-state index is -0.0421. The summed E-state index contributed by atoms with van der Waals surface area (Å²) in [4.78, 5) is 11.5. The van der Waals surface area contributed by atoms with Crippen molar-refractivity contribution in [3.05, 3.63) is 28.3 Å². The summed E-state index contributed by atoms with van der Waals surface area (Å²) in [5, 5.41) is 0. The van der Waals surface area contributed by atoms with Gasteiger partial charge in [0, 0.05) is 7.05 Å². The van der Waals surface area contributed by atoms with Gasteiger partial charge in [0.1, 0.15) is 5.75 Å². The molecule has 0 spiro atoms. The van der Waals surface area contributed by atoms with Gasteiger partial charge in [0.25, 0.3) is 0 Å². The van der Waals surface area contributed by atoms with Gasteiger partial charge >= 0.3 is 0 Å². The molecule has 4 nitrogen and oxygen atoms in total. The number of hydrogen-bond acceptors (Lipinski definition) is 3. The van der Waals surface area contributed by atoms with Gasteiger partial charge in [-0.25, -0.2) is 5.43 Å². The van der Waals surface area contributed by atoms with Crippen molar-refractivity contribution < 1.29 is 9.53 Å². The fourth-order valence-corrected chi connectivity index (χ4v) is 2.00. The third-order valence-electron chi connectivity index (χ3n) is 2.95. The van der Waals surface area contributed by atoms with E-state index in [0.29, 0.717) is 6.42 Å². The van der Waals surface area contributed by atoms with Gasteiger partial charge in [-0.15, -0.1) is 0 Å². The number of hydrogen-bond donors (Lipinski definition) is 2. The summed E-state index contributed by atoms with van der Waals surface area (Å²) in [6, 6.07) is 2.01. The summed E-state index contributed by atoms with van der Waals surface area (Å²) in [6.45, 7) is 6.02. The molecule has 1 amide bonds. The van der Waals surface area contributed by atoms with Crippen molar-refractivity contribution in [1.29, 1.82) is 0 Å². The fraction of sp³-hybridized carbons (Fsp3) is 0.462. The number of benzene rings is 1. The van der Waals surface area contributed by atoms with E-state index in [1.807, 2.05) is 26.8 Å². The average Bonchev–Trinajstić information content (AvgIpc) is 2.26. The van der Waals surface area contributed by atoms with Crippen LogP contribution in [0.15, 0.2) is 6.07 Å². The summed E-state index contributed by atoms with van der Waals surface area (Å²) >= 11 is 0. The van der Waals surface area contributed by atoms with Crippen molar-refractivity contribution in [2.24, 2.45) is 0 Å². The molecule has 0 saturated heterocycles. The molecule has 0 radical (unpaired) electrons. The Morgan fingerprint density at radius 1 is 1.29 bits per heavy atom. The normalized spacial score (nSPS) is 10.2. The third-order valence-corrected chi connectivity index (χ3v) is 2.95. The van der Waals surface area contributed by atoms with Crippen molar-refractivity contribution in [2.75, 3.05) is 14.2 Å². The van der Waals surface area contributed by atoms with Gasteiger partial charge in [0.05, 0.1) is 13.5 Å². The lowest BCUT2D eigenvalue weighted by Crippen LogP contribution is -2.35. The number of carbonyl (C=O) groups excluding carboxylic acids is 1. The molecular formula is C13H20N2O2. The van der Waals surface area contributed by atoms with E-state index in [1.54, 1.807) is 14.2 Å². The summed E-state index contributed by atoms with van der Waals surface area (Å²) in [7, 11) is 3.34. The first-order valence-corrected chi connectivity index (χ1v) is 5.60. The van der Waals surface area contributed by atoms with E-state index in [-0.39, 0.29) is 5.91 Å². The van der Waals surface area contributed by atoms with Gasteiger partial charge in [-0.2, -0.15) is 0 Å². The SMILES string of the molecule is CNNC(=O)Cc1cc(C)c(OC)c(C)c1C. The van der Waals surface area contributed by atoms with Crippen LogP contribution in [0.2, 0.25) is 0 Å². The molecule has 1 aromatic carbocycles. The lowest BCUT2D eigenvalue weighted by Gasteiger charge is -2.15. The van der Waals surface area contributed by atoms with Crippen LogP contribution in [-0.2, 0) is 11.2 Å². The topological polar surface area (TPSA) is 50.4 Å². The van der Waals surface area contributed by atoms with Crippen molar-refractivity contribution in [2.45, 2.75) is 27.2 Å². The summed E-state index contributed by atoms with van der Waals surface area (Å²) in [6.07, 6.45) is 0.373. The van der Waals surface area contributed by atoms with Gasteiger partial charge in [-0.05, 0) is 43.0 Å². The maximum absolute atomic E-state index is 11.5. The largest absolute Gasteiger partial charge is 0.496 e. The van der Waals surface area contributed by atoms with E-state index in [0.717, 1.165) is 28.0 Å². The Balaban J connectivity index is 3.06. The minimum absolute atomic E-state index is 0.0421. The van der Waals surface area contributed by atoms with E-state index in [1.165, 1.54) is 0 Å². The molecule has 0 bridgehead atoms. The highest BCUT2D eigenvalue weighted by atomic mass is 16.5. The zero-order valence-corrected chi connectivity index (χ0v) is 11.1. The van der Waals surface area contributed by atoms with E-state index >= 15 is 0 Å². The van der Waals surface area contributed by atoms with Gasteiger partial charge < -0.3 is 4.74 Å². The summed E-state index contributed by atoms with van der Waals surface area (Å²) < 4.78 is 5.35. The van der Waals surface area contributed by atoms with E-state index in [9.17, 15) is 4.79 Å². The first kappa shape index (κ1) is 13.5. The molecule has 0 aliphatic carbocycles. The summed E-state index contributed by atoms with van der Waals surface area (Å²) in [5.41, 5.74) is 9.50. The van der Waals surface area contributed by atoms with Crippen LogP contribution in [0.4, 0.5) is 0 Å². The number of nitrogens with one attached hydrogen (secondary N) is 2. The van der Waals surface area contributed by atoms with Crippen LogP contribution >= 0.6 is 0 Å². The number of hydrazine groups is 1. The number of carbonyl (C=O) groups is 1. The molecule has 0 heterocycles. The zero-order valence-electron chi connectivity index (χ0n) is 11.1.